The van der Waals surface area contributed by atoms with E-state index in [0.717, 1.165) is 20.9 Å². The zero-order valence-electron chi connectivity index (χ0n) is 17.5. The summed E-state index contributed by atoms with van der Waals surface area (Å²) in [5.74, 6) is 0. The van der Waals surface area contributed by atoms with Gasteiger partial charge in [-0.3, -0.25) is 0 Å². The van der Waals surface area contributed by atoms with Crippen molar-refractivity contribution in [1.29, 1.82) is 0 Å². The van der Waals surface area contributed by atoms with Gasteiger partial charge in [-0.1, -0.05) is 72.8 Å². The van der Waals surface area contributed by atoms with Gasteiger partial charge in [0.2, 0.25) is 0 Å². The smallest absolute Gasteiger partial charge is 0.0744 e. The lowest BCUT2D eigenvalue weighted by atomic mass is 10.1. The molecule has 4 N–H and O–H groups in total. The molecule has 5 heteroatoms. The highest BCUT2D eigenvalue weighted by atomic mass is 32.1. The van der Waals surface area contributed by atoms with Gasteiger partial charge in [0.1, 0.15) is 0 Å². The molecule has 0 aliphatic carbocycles. The molecule has 2 nitrogen and oxygen atoms in total. The molecule has 3 aromatic heterocycles. The van der Waals surface area contributed by atoms with Crippen molar-refractivity contribution in [1.82, 2.24) is 0 Å². The van der Waals surface area contributed by atoms with Gasteiger partial charge in [0.25, 0.3) is 0 Å². The first-order valence-corrected chi connectivity index (χ1v) is 13.1. The number of hydrogen-bond donors (Lipinski definition) is 2. The molecule has 0 saturated carbocycles. The molecule has 0 atom stereocenters. The van der Waals surface area contributed by atoms with Gasteiger partial charge >= 0.3 is 0 Å². The van der Waals surface area contributed by atoms with Gasteiger partial charge in [0.05, 0.1) is 21.1 Å². The monoisotopic (exact) mass is 478 g/mol. The highest BCUT2D eigenvalue weighted by Crippen LogP contribution is 2.52. The predicted octanol–water partition coefficient (Wildman–Crippen LogP) is 8.98. The Bertz CT molecular complexity index is 1720. The van der Waals surface area contributed by atoms with Gasteiger partial charge in [0.15, 0.2) is 0 Å². The van der Waals surface area contributed by atoms with Gasteiger partial charge in [-0.15, -0.1) is 34.0 Å². The molecule has 7 aromatic rings. The van der Waals surface area contributed by atoms with E-state index in [2.05, 4.69) is 84.9 Å². The van der Waals surface area contributed by atoms with E-state index >= 15 is 0 Å². The van der Waals surface area contributed by atoms with Crippen LogP contribution >= 0.6 is 34.0 Å². The molecule has 7 rings (SSSR count). The van der Waals surface area contributed by atoms with Crippen molar-refractivity contribution in [2.24, 2.45) is 0 Å². The highest BCUT2D eigenvalue weighted by Gasteiger charge is 2.21. The van der Waals surface area contributed by atoms with Crippen LogP contribution in [-0.2, 0) is 0 Å². The Morgan fingerprint density at radius 2 is 0.848 bits per heavy atom. The molecule has 33 heavy (non-hydrogen) atoms. The molecular formula is C28H18N2S3. The molecule has 0 aliphatic rings. The van der Waals surface area contributed by atoms with Gasteiger partial charge < -0.3 is 11.5 Å². The third-order valence-corrected chi connectivity index (χ3v) is 10.0. The van der Waals surface area contributed by atoms with Gasteiger partial charge in [-0.25, -0.2) is 0 Å². The summed E-state index contributed by atoms with van der Waals surface area (Å²) >= 11 is 5.35. The van der Waals surface area contributed by atoms with Crippen LogP contribution in [0.4, 0.5) is 11.4 Å². The zero-order valence-corrected chi connectivity index (χ0v) is 19.9. The molecule has 158 valence electrons. The summed E-state index contributed by atoms with van der Waals surface area (Å²) < 4.78 is 5.10. The predicted molar refractivity (Wildman–Crippen MR) is 150 cm³/mol. The van der Waals surface area contributed by atoms with E-state index in [1.54, 1.807) is 11.3 Å². The molecule has 4 aromatic carbocycles. The summed E-state index contributed by atoms with van der Waals surface area (Å²) in [7, 11) is 0. The zero-order chi connectivity index (χ0) is 22.1. The second-order valence-corrected chi connectivity index (χ2v) is 11.3. The molecule has 3 heterocycles. The minimum atomic E-state index is 0.679. The van der Waals surface area contributed by atoms with Gasteiger partial charge in [-0.05, 0) is 12.1 Å². The second kappa shape index (κ2) is 7.06. The lowest BCUT2D eigenvalue weighted by Crippen LogP contribution is -1.93. The van der Waals surface area contributed by atoms with E-state index in [-0.39, 0.29) is 0 Å². The summed E-state index contributed by atoms with van der Waals surface area (Å²) in [4.78, 5) is 2.11. The molecule has 0 aliphatic heterocycles. The number of benzene rings is 4. The molecule has 0 radical (unpaired) electrons. The Morgan fingerprint density at radius 1 is 0.424 bits per heavy atom. The summed E-state index contributed by atoms with van der Waals surface area (Å²) in [5, 5.41) is 5.12. The fourth-order valence-electron chi connectivity index (χ4n) is 4.71. The van der Waals surface area contributed by atoms with E-state index in [1.165, 1.54) is 40.3 Å². The number of hydrogen-bond acceptors (Lipinski definition) is 5. The number of nitrogen functional groups attached to an aromatic ring is 2. The maximum absolute atomic E-state index is 6.67. The van der Waals surface area contributed by atoms with Crippen LogP contribution in [0.3, 0.4) is 0 Å². The quantitative estimate of drug-likeness (QED) is 0.260. The summed E-state index contributed by atoms with van der Waals surface area (Å²) in [5.41, 5.74) is 17.0. The maximum Gasteiger partial charge on any atom is 0.0744 e. The van der Waals surface area contributed by atoms with Crippen molar-refractivity contribution >= 4 is 85.7 Å². The molecule has 0 fully saturated rings. The van der Waals surface area contributed by atoms with Crippen LogP contribution in [0.25, 0.3) is 61.2 Å². The third-order valence-electron chi connectivity index (χ3n) is 6.28. The van der Waals surface area contributed by atoms with Crippen molar-refractivity contribution in [3.63, 3.8) is 0 Å². The summed E-state index contributed by atoms with van der Waals surface area (Å²) in [6.45, 7) is 0. The molecule has 0 saturated heterocycles. The molecule has 0 amide bonds. The van der Waals surface area contributed by atoms with Crippen LogP contribution in [0.1, 0.15) is 0 Å². The first kappa shape index (κ1) is 19.1. The average molecular weight is 479 g/mol. The van der Waals surface area contributed by atoms with E-state index < -0.39 is 0 Å². The second-order valence-electron chi connectivity index (χ2n) is 8.15. The Kier molecular flexibility index (Phi) is 4.09. The van der Waals surface area contributed by atoms with Gasteiger partial charge in [-0.2, -0.15) is 0 Å². The van der Waals surface area contributed by atoms with Crippen LogP contribution in [0, 0.1) is 0 Å². The van der Waals surface area contributed by atoms with Crippen LogP contribution in [0.5, 0.6) is 0 Å². The summed E-state index contributed by atoms with van der Waals surface area (Å²) in [6, 6.07) is 30.1. The SMILES string of the molecule is Nc1c(-c2cccc3c2sc2ccccc23)sc(-c2cccc3c2sc2ccccc23)c1N. The molecular weight excluding hydrogens is 461 g/mol. The largest absolute Gasteiger partial charge is 0.396 e. The van der Waals surface area contributed by atoms with Crippen LogP contribution in [-0.4, -0.2) is 0 Å². The molecule has 0 unspecified atom stereocenters. The van der Waals surface area contributed by atoms with Crippen LogP contribution in [0.2, 0.25) is 0 Å². The number of fused-ring (bicyclic) bond motifs is 6. The number of nitrogens with two attached hydrogens (primary N) is 2. The number of rotatable bonds is 2. The van der Waals surface area contributed by atoms with Crippen molar-refractivity contribution in [3.05, 3.63) is 84.9 Å². The molecule has 0 spiro atoms. The van der Waals surface area contributed by atoms with Crippen LogP contribution < -0.4 is 11.5 Å². The fourth-order valence-corrected chi connectivity index (χ4v) is 8.49. The van der Waals surface area contributed by atoms with Gasteiger partial charge in [0, 0.05) is 51.5 Å². The van der Waals surface area contributed by atoms with Crippen molar-refractivity contribution in [2.75, 3.05) is 11.5 Å². The minimum absolute atomic E-state index is 0.679. The Hall–Kier alpha value is -3.38. The Balaban J connectivity index is 1.49. The standard InChI is InChI=1S/C28H18N2S3/c29-23-24(30)28(20-12-6-10-18-16-8-2-4-14-22(16)32-26(18)20)33-27(23)19-11-5-9-17-15-7-1-3-13-21(15)31-25(17)19/h1-14H,29-30H2. The van der Waals surface area contributed by atoms with E-state index in [0.29, 0.717) is 11.4 Å². The van der Waals surface area contributed by atoms with Crippen molar-refractivity contribution < 1.29 is 0 Å². The van der Waals surface area contributed by atoms with E-state index in [9.17, 15) is 0 Å². The third kappa shape index (κ3) is 2.70. The first-order valence-electron chi connectivity index (χ1n) is 10.7. The fraction of sp³-hybridized carbons (Fsp3) is 0. The Labute approximate surface area is 202 Å². The summed E-state index contributed by atoms with van der Waals surface area (Å²) in [6.07, 6.45) is 0. The molecule has 0 bridgehead atoms. The first-order chi connectivity index (χ1) is 16.2. The Morgan fingerprint density at radius 3 is 1.33 bits per heavy atom. The number of anilines is 2. The van der Waals surface area contributed by atoms with E-state index in [1.807, 2.05) is 22.7 Å². The topological polar surface area (TPSA) is 52.0 Å². The van der Waals surface area contributed by atoms with Crippen molar-refractivity contribution in [3.8, 4) is 20.9 Å². The van der Waals surface area contributed by atoms with Crippen LogP contribution in [0.15, 0.2) is 84.9 Å². The average Bonchev–Trinajstić information content (AvgIpc) is 3.51. The lowest BCUT2D eigenvalue weighted by molar-refractivity contribution is 1.76. The highest BCUT2D eigenvalue weighted by molar-refractivity contribution is 7.28. The minimum Gasteiger partial charge on any atom is -0.396 e. The number of thiophene rings is 3. The van der Waals surface area contributed by atoms with E-state index in [4.69, 9.17) is 11.5 Å². The normalized spacial score (nSPS) is 11.9. The van der Waals surface area contributed by atoms with Crippen molar-refractivity contribution in [2.45, 2.75) is 0 Å². The maximum atomic E-state index is 6.67. The lowest BCUT2D eigenvalue weighted by Gasteiger charge is -2.02.